The minimum atomic E-state index is -0.605. The van der Waals surface area contributed by atoms with Crippen molar-refractivity contribution in [3.63, 3.8) is 0 Å². The summed E-state index contributed by atoms with van der Waals surface area (Å²) in [6.07, 6.45) is 2.83. The monoisotopic (exact) mass is 464 g/mol. The van der Waals surface area contributed by atoms with Crippen molar-refractivity contribution in [2.75, 3.05) is 51.3 Å². The SMILES string of the molecule is Cc1cccc2c1/C(=C/c1[nH]c3c(c1C)C(=O)N(CC(O)CN1CCOCC1)CCC3)C(=O)N2. The summed E-state index contributed by atoms with van der Waals surface area (Å²) in [5, 5.41) is 13.6. The number of morpholine rings is 1. The van der Waals surface area contributed by atoms with Gasteiger partial charge in [0.1, 0.15) is 0 Å². The van der Waals surface area contributed by atoms with E-state index in [1.807, 2.05) is 38.1 Å². The Bertz CT molecular complexity index is 1150. The van der Waals surface area contributed by atoms with Crippen LogP contribution in [0.2, 0.25) is 0 Å². The first-order valence-electron chi connectivity index (χ1n) is 12.0. The van der Waals surface area contributed by atoms with Gasteiger partial charge in [-0.3, -0.25) is 14.5 Å². The Kier molecular flexibility index (Phi) is 6.29. The molecule has 8 nitrogen and oxygen atoms in total. The Hall–Kier alpha value is -2.94. The van der Waals surface area contributed by atoms with Crippen LogP contribution in [0.3, 0.4) is 0 Å². The fourth-order valence-corrected chi connectivity index (χ4v) is 5.29. The van der Waals surface area contributed by atoms with Gasteiger partial charge in [-0.1, -0.05) is 12.1 Å². The number of aliphatic hydroxyl groups is 1. The summed E-state index contributed by atoms with van der Waals surface area (Å²) in [4.78, 5) is 33.6. The molecule has 1 unspecified atom stereocenters. The Balaban J connectivity index is 1.38. The second-order valence-electron chi connectivity index (χ2n) is 9.45. The molecule has 2 aromatic rings. The molecule has 0 spiro atoms. The van der Waals surface area contributed by atoms with Crippen molar-refractivity contribution in [2.45, 2.75) is 32.8 Å². The van der Waals surface area contributed by atoms with Crippen molar-refractivity contribution in [2.24, 2.45) is 0 Å². The number of β-amino-alcohol motifs (C(OH)–C–C–N with tert-alkyl or cyclic N) is 1. The van der Waals surface area contributed by atoms with Crippen LogP contribution in [-0.2, 0) is 16.0 Å². The van der Waals surface area contributed by atoms with Gasteiger partial charge in [0.15, 0.2) is 0 Å². The van der Waals surface area contributed by atoms with Gasteiger partial charge in [-0.15, -0.1) is 0 Å². The quantitative estimate of drug-likeness (QED) is 0.590. The van der Waals surface area contributed by atoms with Gasteiger partial charge in [-0.25, -0.2) is 0 Å². The molecule has 3 aliphatic rings. The number of rotatable bonds is 5. The highest BCUT2D eigenvalue weighted by Crippen LogP contribution is 2.36. The summed E-state index contributed by atoms with van der Waals surface area (Å²) < 4.78 is 5.38. The van der Waals surface area contributed by atoms with Crippen molar-refractivity contribution in [3.05, 3.63) is 51.8 Å². The van der Waals surface area contributed by atoms with Crippen LogP contribution in [0.15, 0.2) is 18.2 Å². The van der Waals surface area contributed by atoms with Gasteiger partial charge in [0, 0.05) is 55.4 Å². The predicted molar refractivity (Wildman–Crippen MR) is 131 cm³/mol. The highest BCUT2D eigenvalue weighted by Gasteiger charge is 2.31. The number of ether oxygens (including phenoxy) is 1. The maximum atomic E-state index is 13.5. The summed E-state index contributed by atoms with van der Waals surface area (Å²) in [6.45, 7) is 8.37. The van der Waals surface area contributed by atoms with E-state index >= 15 is 0 Å². The van der Waals surface area contributed by atoms with Gasteiger partial charge in [0.05, 0.1) is 30.5 Å². The molecule has 4 heterocycles. The highest BCUT2D eigenvalue weighted by molar-refractivity contribution is 6.35. The fourth-order valence-electron chi connectivity index (χ4n) is 5.29. The number of aryl methyl sites for hydroxylation is 2. The molecule has 180 valence electrons. The lowest BCUT2D eigenvalue weighted by atomic mass is 9.99. The van der Waals surface area contributed by atoms with E-state index in [4.69, 9.17) is 4.74 Å². The first kappa shape index (κ1) is 22.8. The third kappa shape index (κ3) is 4.29. The molecule has 2 amide bonds. The van der Waals surface area contributed by atoms with E-state index in [0.29, 0.717) is 44.0 Å². The number of carbonyl (C=O) groups excluding carboxylic acids is 2. The van der Waals surface area contributed by atoms with E-state index in [1.54, 1.807) is 4.90 Å². The van der Waals surface area contributed by atoms with Gasteiger partial charge in [0.2, 0.25) is 0 Å². The molecule has 0 bridgehead atoms. The average molecular weight is 465 g/mol. The zero-order valence-electron chi connectivity index (χ0n) is 19.8. The lowest BCUT2D eigenvalue weighted by Gasteiger charge is -2.31. The first-order chi connectivity index (χ1) is 16.4. The molecule has 1 aromatic carbocycles. The lowest BCUT2D eigenvalue weighted by Crippen LogP contribution is -2.46. The summed E-state index contributed by atoms with van der Waals surface area (Å²) in [6, 6.07) is 5.83. The van der Waals surface area contributed by atoms with Crippen LogP contribution in [0.5, 0.6) is 0 Å². The Morgan fingerprint density at radius 2 is 1.91 bits per heavy atom. The number of benzene rings is 1. The number of carbonyl (C=O) groups is 2. The standard InChI is InChI=1S/C26H32N4O4/c1-16-5-3-6-20-23(16)19(25(32)28-20)13-22-17(2)24-21(27-22)7-4-8-30(26(24)33)15-18(31)14-29-9-11-34-12-10-29/h3,5-6,13,18,27,31H,4,7-12,14-15H2,1-2H3,(H,28,32)/b19-13-. The van der Waals surface area contributed by atoms with Crippen molar-refractivity contribution in [1.82, 2.24) is 14.8 Å². The lowest BCUT2D eigenvalue weighted by molar-refractivity contribution is -0.110. The largest absolute Gasteiger partial charge is 0.390 e. The van der Waals surface area contributed by atoms with Gasteiger partial charge in [0.25, 0.3) is 11.8 Å². The number of amides is 2. The molecule has 3 aliphatic heterocycles. The van der Waals surface area contributed by atoms with E-state index in [2.05, 4.69) is 15.2 Å². The molecule has 3 N–H and O–H groups in total. The Morgan fingerprint density at radius 3 is 2.71 bits per heavy atom. The zero-order valence-corrected chi connectivity index (χ0v) is 19.8. The van der Waals surface area contributed by atoms with Crippen molar-refractivity contribution < 1.29 is 19.4 Å². The summed E-state index contributed by atoms with van der Waals surface area (Å²) >= 11 is 0. The molecule has 1 saturated heterocycles. The average Bonchev–Trinajstić information content (AvgIpc) is 3.24. The normalized spacial score (nSPS) is 20.8. The van der Waals surface area contributed by atoms with Crippen LogP contribution in [-0.4, -0.2) is 83.7 Å². The number of aromatic amines is 1. The van der Waals surface area contributed by atoms with Crippen LogP contribution in [0.1, 0.15) is 44.9 Å². The van der Waals surface area contributed by atoms with Crippen molar-refractivity contribution in [3.8, 4) is 0 Å². The number of anilines is 1. The summed E-state index contributed by atoms with van der Waals surface area (Å²) in [5.74, 6) is -0.188. The molecule has 0 saturated carbocycles. The van der Waals surface area contributed by atoms with Crippen molar-refractivity contribution in [1.29, 1.82) is 0 Å². The van der Waals surface area contributed by atoms with Crippen LogP contribution in [0.4, 0.5) is 5.69 Å². The number of aromatic nitrogens is 1. The van der Waals surface area contributed by atoms with E-state index in [9.17, 15) is 14.7 Å². The number of nitrogens with one attached hydrogen (secondary N) is 2. The molecule has 34 heavy (non-hydrogen) atoms. The highest BCUT2D eigenvalue weighted by atomic mass is 16.5. The van der Waals surface area contributed by atoms with E-state index in [-0.39, 0.29) is 11.8 Å². The van der Waals surface area contributed by atoms with Gasteiger partial charge >= 0.3 is 0 Å². The minimum Gasteiger partial charge on any atom is -0.390 e. The topological polar surface area (TPSA) is 97.9 Å². The molecule has 0 radical (unpaired) electrons. The predicted octanol–water partition coefficient (Wildman–Crippen LogP) is 2.21. The number of hydrogen-bond donors (Lipinski definition) is 3. The zero-order chi connectivity index (χ0) is 23.8. The summed E-state index contributed by atoms with van der Waals surface area (Å²) in [7, 11) is 0. The van der Waals surface area contributed by atoms with Gasteiger partial charge in [-0.05, 0) is 50.0 Å². The molecular weight excluding hydrogens is 432 g/mol. The van der Waals surface area contributed by atoms with Gasteiger partial charge in [-0.2, -0.15) is 0 Å². The van der Waals surface area contributed by atoms with Crippen molar-refractivity contribution >= 4 is 29.2 Å². The number of nitrogens with zero attached hydrogens (tertiary/aromatic N) is 2. The molecule has 0 aliphatic carbocycles. The molecule has 5 rings (SSSR count). The third-order valence-electron chi connectivity index (χ3n) is 7.05. The summed E-state index contributed by atoms with van der Waals surface area (Å²) in [5.41, 5.74) is 6.58. The second kappa shape index (κ2) is 9.37. The molecule has 1 fully saturated rings. The van der Waals surface area contributed by atoms with E-state index < -0.39 is 6.10 Å². The van der Waals surface area contributed by atoms with Crippen LogP contribution >= 0.6 is 0 Å². The van der Waals surface area contributed by atoms with Crippen LogP contribution < -0.4 is 5.32 Å². The number of H-pyrrole nitrogens is 1. The number of fused-ring (bicyclic) bond motifs is 2. The second-order valence-corrected chi connectivity index (χ2v) is 9.45. The maximum Gasteiger partial charge on any atom is 0.256 e. The molecule has 1 atom stereocenters. The van der Waals surface area contributed by atoms with Gasteiger partial charge < -0.3 is 25.0 Å². The molecular formula is C26H32N4O4. The first-order valence-corrected chi connectivity index (χ1v) is 12.0. The fraction of sp³-hybridized carbons (Fsp3) is 0.462. The number of hydrogen-bond acceptors (Lipinski definition) is 5. The number of aliphatic hydroxyl groups excluding tert-OH is 1. The smallest absolute Gasteiger partial charge is 0.256 e. The maximum absolute atomic E-state index is 13.5. The third-order valence-corrected chi connectivity index (χ3v) is 7.05. The minimum absolute atomic E-state index is 0.0561. The van der Waals surface area contributed by atoms with Crippen LogP contribution in [0, 0.1) is 13.8 Å². The molecule has 8 heteroatoms. The Morgan fingerprint density at radius 1 is 1.12 bits per heavy atom. The van der Waals surface area contributed by atoms with E-state index in [0.717, 1.165) is 59.7 Å². The molecule has 1 aromatic heterocycles. The van der Waals surface area contributed by atoms with E-state index in [1.165, 1.54) is 0 Å². The Labute approximate surface area is 199 Å². The van der Waals surface area contributed by atoms with Crippen LogP contribution in [0.25, 0.3) is 11.6 Å².